The van der Waals surface area contributed by atoms with E-state index in [-0.39, 0.29) is 5.69 Å². The first-order chi connectivity index (χ1) is 7.72. The summed E-state index contributed by atoms with van der Waals surface area (Å²) < 4.78 is 0. The van der Waals surface area contributed by atoms with E-state index in [2.05, 4.69) is 9.97 Å². The van der Waals surface area contributed by atoms with Gasteiger partial charge in [-0.1, -0.05) is 0 Å². The first-order valence-corrected chi connectivity index (χ1v) is 5.43. The topological polar surface area (TPSA) is 89.1 Å². The summed E-state index contributed by atoms with van der Waals surface area (Å²) in [5.74, 6) is -1.06. The molecule has 2 aromatic rings. The molecular formula is C10H9N3O2S. The van der Waals surface area contributed by atoms with Gasteiger partial charge in [0.25, 0.3) is 0 Å². The SMILES string of the molecule is NCc1csc(-c2cccnc2C(=O)O)n1. The molecule has 3 N–H and O–H groups in total. The second-order valence-corrected chi connectivity index (χ2v) is 3.91. The maximum Gasteiger partial charge on any atom is 0.355 e. The van der Waals surface area contributed by atoms with Gasteiger partial charge in [0.1, 0.15) is 5.01 Å². The Kier molecular flexibility index (Phi) is 2.93. The van der Waals surface area contributed by atoms with Crippen LogP contribution in [0.1, 0.15) is 16.2 Å². The number of aromatic nitrogens is 2. The molecular weight excluding hydrogens is 226 g/mol. The highest BCUT2D eigenvalue weighted by atomic mass is 32.1. The van der Waals surface area contributed by atoms with E-state index in [1.165, 1.54) is 17.5 Å². The maximum absolute atomic E-state index is 11.0. The summed E-state index contributed by atoms with van der Waals surface area (Å²) in [6.45, 7) is 0.346. The Morgan fingerprint density at radius 3 is 3.00 bits per heavy atom. The molecule has 0 aliphatic carbocycles. The highest BCUT2D eigenvalue weighted by molar-refractivity contribution is 7.13. The third-order valence-electron chi connectivity index (χ3n) is 2.00. The number of thiazole rings is 1. The van der Waals surface area contributed by atoms with Crippen molar-refractivity contribution in [3.8, 4) is 10.6 Å². The van der Waals surface area contributed by atoms with Crippen molar-refractivity contribution in [1.82, 2.24) is 9.97 Å². The molecule has 0 unspecified atom stereocenters. The van der Waals surface area contributed by atoms with Crippen molar-refractivity contribution in [1.29, 1.82) is 0 Å². The number of pyridine rings is 1. The van der Waals surface area contributed by atoms with Gasteiger partial charge in [0.2, 0.25) is 0 Å². The number of carboxylic acids is 1. The number of hydrogen-bond donors (Lipinski definition) is 2. The molecule has 0 radical (unpaired) electrons. The zero-order valence-corrected chi connectivity index (χ0v) is 9.07. The van der Waals surface area contributed by atoms with Gasteiger partial charge in [0.15, 0.2) is 5.69 Å². The second kappa shape index (κ2) is 4.38. The Morgan fingerprint density at radius 2 is 2.38 bits per heavy atom. The molecule has 0 saturated carbocycles. The van der Waals surface area contributed by atoms with E-state index in [1.54, 1.807) is 12.1 Å². The molecule has 0 fully saturated rings. The minimum absolute atomic E-state index is 0.0143. The van der Waals surface area contributed by atoms with Crippen molar-refractivity contribution in [3.05, 3.63) is 35.1 Å². The van der Waals surface area contributed by atoms with Crippen LogP contribution >= 0.6 is 11.3 Å². The lowest BCUT2D eigenvalue weighted by Crippen LogP contribution is -2.02. The number of hydrogen-bond acceptors (Lipinski definition) is 5. The molecule has 2 aromatic heterocycles. The van der Waals surface area contributed by atoms with Crippen LogP contribution in [0.15, 0.2) is 23.7 Å². The van der Waals surface area contributed by atoms with Crippen molar-refractivity contribution in [2.45, 2.75) is 6.54 Å². The summed E-state index contributed by atoms with van der Waals surface area (Å²) in [6.07, 6.45) is 1.45. The first kappa shape index (κ1) is 10.7. The molecule has 16 heavy (non-hydrogen) atoms. The van der Waals surface area contributed by atoms with Crippen molar-refractivity contribution in [3.63, 3.8) is 0 Å². The van der Waals surface area contributed by atoms with Crippen LogP contribution in [0.2, 0.25) is 0 Å². The number of nitrogens with two attached hydrogens (primary N) is 1. The fourth-order valence-electron chi connectivity index (χ4n) is 1.27. The largest absolute Gasteiger partial charge is 0.476 e. The quantitative estimate of drug-likeness (QED) is 0.838. The Hall–Kier alpha value is -1.79. The summed E-state index contributed by atoms with van der Waals surface area (Å²) >= 11 is 1.36. The predicted molar refractivity (Wildman–Crippen MR) is 60.2 cm³/mol. The molecule has 2 rings (SSSR count). The van der Waals surface area contributed by atoms with Crippen LogP contribution in [0.3, 0.4) is 0 Å². The normalized spacial score (nSPS) is 10.3. The molecule has 5 nitrogen and oxygen atoms in total. The Morgan fingerprint density at radius 1 is 1.56 bits per heavy atom. The van der Waals surface area contributed by atoms with E-state index in [4.69, 9.17) is 10.8 Å². The van der Waals surface area contributed by atoms with Gasteiger partial charge >= 0.3 is 5.97 Å². The molecule has 6 heteroatoms. The van der Waals surface area contributed by atoms with Crippen LogP contribution in [0.25, 0.3) is 10.6 Å². The zero-order valence-electron chi connectivity index (χ0n) is 8.25. The molecule has 0 aromatic carbocycles. The molecule has 82 valence electrons. The van der Waals surface area contributed by atoms with E-state index >= 15 is 0 Å². The molecule has 0 aliphatic rings. The van der Waals surface area contributed by atoms with E-state index in [0.717, 1.165) is 5.69 Å². The van der Waals surface area contributed by atoms with Gasteiger partial charge in [-0.2, -0.15) is 0 Å². The van der Waals surface area contributed by atoms with Crippen LogP contribution in [-0.4, -0.2) is 21.0 Å². The van der Waals surface area contributed by atoms with E-state index in [1.807, 2.05) is 5.38 Å². The smallest absolute Gasteiger partial charge is 0.355 e. The lowest BCUT2D eigenvalue weighted by atomic mass is 10.2. The molecule has 0 aliphatic heterocycles. The average Bonchev–Trinajstić information content (AvgIpc) is 2.77. The third kappa shape index (κ3) is 1.93. The molecule has 0 atom stereocenters. The number of carboxylic acid groups (broad SMARTS) is 1. The maximum atomic E-state index is 11.0. The van der Waals surface area contributed by atoms with Crippen LogP contribution in [0, 0.1) is 0 Å². The summed E-state index contributed by atoms with van der Waals surface area (Å²) in [6, 6.07) is 3.38. The van der Waals surface area contributed by atoms with E-state index in [9.17, 15) is 4.79 Å². The fraction of sp³-hybridized carbons (Fsp3) is 0.100. The number of nitrogens with zero attached hydrogens (tertiary/aromatic N) is 2. The van der Waals surface area contributed by atoms with Crippen molar-refractivity contribution < 1.29 is 9.90 Å². The molecule has 0 amide bonds. The monoisotopic (exact) mass is 235 g/mol. The van der Waals surface area contributed by atoms with E-state index < -0.39 is 5.97 Å². The van der Waals surface area contributed by atoms with Gasteiger partial charge in [0, 0.05) is 23.7 Å². The lowest BCUT2D eigenvalue weighted by molar-refractivity contribution is 0.0691. The summed E-state index contributed by atoms with van der Waals surface area (Å²) in [4.78, 5) is 19.0. The van der Waals surface area contributed by atoms with Crippen LogP contribution in [-0.2, 0) is 6.54 Å². The van der Waals surface area contributed by atoms with Crippen LogP contribution in [0.5, 0.6) is 0 Å². The van der Waals surface area contributed by atoms with Gasteiger partial charge in [-0.25, -0.2) is 14.8 Å². The molecule has 0 bridgehead atoms. The highest BCUT2D eigenvalue weighted by Crippen LogP contribution is 2.25. The predicted octanol–water partition coefficient (Wildman–Crippen LogP) is 1.36. The number of aromatic carboxylic acids is 1. The van der Waals surface area contributed by atoms with Crippen LogP contribution in [0.4, 0.5) is 0 Å². The minimum atomic E-state index is -1.06. The third-order valence-corrected chi connectivity index (χ3v) is 2.93. The Labute approximate surface area is 95.6 Å². The first-order valence-electron chi connectivity index (χ1n) is 4.55. The van der Waals surface area contributed by atoms with Gasteiger partial charge in [-0.3, -0.25) is 0 Å². The van der Waals surface area contributed by atoms with Gasteiger partial charge < -0.3 is 10.8 Å². The van der Waals surface area contributed by atoms with E-state index in [0.29, 0.717) is 17.1 Å². The van der Waals surface area contributed by atoms with Crippen LogP contribution < -0.4 is 5.73 Å². The number of rotatable bonds is 3. The van der Waals surface area contributed by atoms with Gasteiger partial charge in [-0.05, 0) is 12.1 Å². The summed E-state index contributed by atoms with van der Waals surface area (Å²) in [5.41, 5.74) is 6.74. The number of carbonyl (C=O) groups is 1. The Bertz CT molecular complexity index is 524. The second-order valence-electron chi connectivity index (χ2n) is 3.05. The van der Waals surface area contributed by atoms with Crippen molar-refractivity contribution in [2.75, 3.05) is 0 Å². The highest BCUT2D eigenvalue weighted by Gasteiger charge is 2.15. The summed E-state index contributed by atoms with van der Waals surface area (Å²) in [5, 5.41) is 11.4. The lowest BCUT2D eigenvalue weighted by Gasteiger charge is -2.00. The minimum Gasteiger partial charge on any atom is -0.476 e. The average molecular weight is 235 g/mol. The summed E-state index contributed by atoms with van der Waals surface area (Å²) in [7, 11) is 0. The van der Waals surface area contributed by atoms with Crippen molar-refractivity contribution >= 4 is 17.3 Å². The standard InChI is InChI=1S/C10H9N3O2S/c11-4-6-5-16-9(13-6)7-2-1-3-12-8(7)10(14)15/h1-3,5H,4,11H2,(H,14,15). The Balaban J connectivity index is 2.50. The fourth-order valence-corrected chi connectivity index (χ4v) is 2.13. The molecule has 0 spiro atoms. The zero-order chi connectivity index (χ0) is 11.5. The molecule has 2 heterocycles. The van der Waals surface area contributed by atoms with Gasteiger partial charge in [0.05, 0.1) is 5.69 Å². The molecule has 0 saturated heterocycles. The van der Waals surface area contributed by atoms with Crippen molar-refractivity contribution in [2.24, 2.45) is 5.73 Å². The van der Waals surface area contributed by atoms with Gasteiger partial charge in [-0.15, -0.1) is 11.3 Å².